The lowest BCUT2D eigenvalue weighted by Crippen LogP contribution is -2.59. The highest BCUT2D eigenvalue weighted by atomic mass is 16.5. The van der Waals surface area contributed by atoms with Crippen LogP contribution < -0.4 is 5.43 Å². The maximum absolute atomic E-state index is 12.6. The van der Waals surface area contributed by atoms with Crippen molar-refractivity contribution in [3.05, 3.63) is 0 Å². The van der Waals surface area contributed by atoms with E-state index < -0.39 is 35.7 Å². The number of nitrogens with zero attached hydrogens (tertiary/aromatic N) is 1. The second-order valence-electron chi connectivity index (χ2n) is 5.79. The van der Waals surface area contributed by atoms with E-state index >= 15 is 0 Å². The highest BCUT2D eigenvalue weighted by molar-refractivity contribution is 5.95. The van der Waals surface area contributed by atoms with Gasteiger partial charge in [0.05, 0.1) is 25.2 Å². The van der Waals surface area contributed by atoms with Crippen molar-refractivity contribution in [1.82, 2.24) is 10.4 Å². The number of hydrogen-bond donors (Lipinski definition) is 1. The minimum absolute atomic E-state index is 0.0182. The van der Waals surface area contributed by atoms with E-state index in [1.54, 1.807) is 13.8 Å². The lowest BCUT2D eigenvalue weighted by atomic mass is 9.92. The summed E-state index contributed by atoms with van der Waals surface area (Å²) >= 11 is 0. The van der Waals surface area contributed by atoms with E-state index in [1.807, 2.05) is 0 Å². The molecule has 0 aromatic rings. The Morgan fingerprint density at radius 1 is 1.00 bits per heavy atom. The number of carbonyl (C=O) groups excluding carboxylic acids is 4. The molecular formula is C16H26N2O6. The molecular weight excluding hydrogens is 316 g/mol. The van der Waals surface area contributed by atoms with Crippen molar-refractivity contribution in [3.8, 4) is 0 Å². The monoisotopic (exact) mass is 342 g/mol. The summed E-state index contributed by atoms with van der Waals surface area (Å²) in [6, 6.07) is 0. The lowest BCUT2D eigenvalue weighted by Gasteiger charge is -2.40. The third-order valence-corrected chi connectivity index (χ3v) is 3.91. The normalized spacial score (nSPS) is 15.5. The zero-order valence-electron chi connectivity index (χ0n) is 14.6. The molecule has 0 heterocycles. The molecule has 0 bridgehead atoms. The Kier molecular flexibility index (Phi) is 7.67. The predicted octanol–water partition coefficient (Wildman–Crippen LogP) is 1.09. The topological polar surface area (TPSA) is 102 Å². The van der Waals surface area contributed by atoms with Crippen molar-refractivity contribution in [2.75, 3.05) is 13.2 Å². The highest BCUT2D eigenvalue weighted by Gasteiger charge is 2.45. The van der Waals surface area contributed by atoms with Crippen LogP contribution in [0.2, 0.25) is 0 Å². The van der Waals surface area contributed by atoms with Gasteiger partial charge in [0, 0.05) is 6.92 Å². The van der Waals surface area contributed by atoms with Gasteiger partial charge in [0.1, 0.15) is 6.42 Å². The largest absolute Gasteiger partial charge is 0.466 e. The third-order valence-electron chi connectivity index (χ3n) is 3.91. The molecule has 0 aromatic carbocycles. The molecule has 1 rings (SSSR count). The number of hydrazine groups is 1. The van der Waals surface area contributed by atoms with Crippen LogP contribution in [-0.4, -0.2) is 47.5 Å². The molecule has 0 aromatic heterocycles. The number of rotatable bonds is 7. The standard InChI is InChI=1S/C16H26N2O6/c1-4-23-14(21)10-13(20)18(17-12(3)19)16(8-6-7-9-16)11-15(22)24-5-2/h4-11H2,1-3H3,(H,17,19). The number of esters is 2. The van der Waals surface area contributed by atoms with Crippen LogP contribution in [0.5, 0.6) is 0 Å². The molecule has 1 fully saturated rings. The van der Waals surface area contributed by atoms with Crippen LogP contribution in [0.1, 0.15) is 59.3 Å². The summed E-state index contributed by atoms with van der Waals surface area (Å²) in [5.74, 6) is -2.13. The molecule has 1 aliphatic rings. The molecule has 2 amide bonds. The molecule has 136 valence electrons. The van der Waals surface area contributed by atoms with E-state index in [2.05, 4.69) is 5.43 Å². The van der Waals surface area contributed by atoms with Gasteiger partial charge < -0.3 is 9.47 Å². The van der Waals surface area contributed by atoms with Crippen molar-refractivity contribution >= 4 is 23.8 Å². The van der Waals surface area contributed by atoms with Gasteiger partial charge in [-0.05, 0) is 26.7 Å². The lowest BCUT2D eigenvalue weighted by molar-refractivity contribution is -0.159. The van der Waals surface area contributed by atoms with Crippen LogP contribution >= 0.6 is 0 Å². The molecule has 0 saturated heterocycles. The molecule has 0 radical (unpaired) electrons. The zero-order valence-corrected chi connectivity index (χ0v) is 14.6. The average Bonchev–Trinajstić information content (AvgIpc) is 2.94. The number of carbonyl (C=O) groups is 4. The van der Waals surface area contributed by atoms with Crippen LogP contribution in [0, 0.1) is 0 Å². The predicted molar refractivity (Wildman–Crippen MR) is 84.4 cm³/mol. The SMILES string of the molecule is CCOC(=O)CC(=O)N(NC(C)=O)C1(CC(=O)OCC)CCCC1. The first-order chi connectivity index (χ1) is 11.3. The molecule has 1 N–H and O–H groups in total. The van der Waals surface area contributed by atoms with Gasteiger partial charge in [0.15, 0.2) is 0 Å². The summed E-state index contributed by atoms with van der Waals surface area (Å²) in [7, 11) is 0. The second kappa shape index (κ2) is 9.24. The number of amides is 2. The molecule has 1 saturated carbocycles. The fourth-order valence-electron chi connectivity index (χ4n) is 3.01. The van der Waals surface area contributed by atoms with Gasteiger partial charge in [-0.25, -0.2) is 5.01 Å². The van der Waals surface area contributed by atoms with E-state index in [1.165, 1.54) is 6.92 Å². The quantitative estimate of drug-likeness (QED) is 0.422. The molecule has 24 heavy (non-hydrogen) atoms. The average molecular weight is 342 g/mol. The maximum Gasteiger partial charge on any atom is 0.315 e. The minimum Gasteiger partial charge on any atom is -0.466 e. The molecule has 0 aliphatic heterocycles. The van der Waals surface area contributed by atoms with Gasteiger partial charge in [0.25, 0.3) is 5.91 Å². The summed E-state index contributed by atoms with van der Waals surface area (Å²) in [6.07, 6.45) is 2.25. The van der Waals surface area contributed by atoms with Crippen LogP contribution in [0.15, 0.2) is 0 Å². The first-order valence-electron chi connectivity index (χ1n) is 8.26. The molecule has 0 spiro atoms. The van der Waals surface area contributed by atoms with Crippen molar-refractivity contribution in [3.63, 3.8) is 0 Å². The Hall–Kier alpha value is -2.12. The molecule has 8 nitrogen and oxygen atoms in total. The Morgan fingerprint density at radius 3 is 2.04 bits per heavy atom. The Balaban J connectivity index is 3.00. The molecule has 0 unspecified atom stereocenters. The van der Waals surface area contributed by atoms with Crippen LogP contribution in [-0.2, 0) is 28.7 Å². The summed E-state index contributed by atoms with van der Waals surface area (Å²) in [6.45, 7) is 5.04. The molecule has 8 heteroatoms. The number of ether oxygens (including phenoxy) is 2. The van der Waals surface area contributed by atoms with Gasteiger partial charge in [-0.3, -0.25) is 24.6 Å². The Labute approximate surface area is 141 Å². The van der Waals surface area contributed by atoms with E-state index in [0.29, 0.717) is 12.8 Å². The fourth-order valence-corrected chi connectivity index (χ4v) is 3.01. The van der Waals surface area contributed by atoms with Crippen molar-refractivity contribution in [2.45, 2.75) is 64.8 Å². The first-order valence-corrected chi connectivity index (χ1v) is 8.26. The summed E-state index contributed by atoms with van der Waals surface area (Å²) in [5.41, 5.74) is 1.63. The summed E-state index contributed by atoms with van der Waals surface area (Å²) in [5, 5.41) is 1.15. The van der Waals surface area contributed by atoms with Crippen LogP contribution in [0.4, 0.5) is 0 Å². The van der Waals surface area contributed by atoms with Crippen molar-refractivity contribution in [1.29, 1.82) is 0 Å². The zero-order chi connectivity index (χ0) is 18.2. The van der Waals surface area contributed by atoms with Gasteiger partial charge in [-0.2, -0.15) is 0 Å². The first kappa shape index (κ1) is 19.9. The van der Waals surface area contributed by atoms with Gasteiger partial charge in [-0.15, -0.1) is 0 Å². The molecule has 0 atom stereocenters. The smallest absolute Gasteiger partial charge is 0.315 e. The molecule has 1 aliphatic carbocycles. The van der Waals surface area contributed by atoms with Gasteiger partial charge >= 0.3 is 11.9 Å². The summed E-state index contributed by atoms with van der Waals surface area (Å²) < 4.78 is 9.79. The van der Waals surface area contributed by atoms with E-state index in [9.17, 15) is 19.2 Å². The van der Waals surface area contributed by atoms with Gasteiger partial charge in [-0.1, -0.05) is 12.8 Å². The number of hydrogen-bond acceptors (Lipinski definition) is 6. The summed E-state index contributed by atoms with van der Waals surface area (Å²) in [4.78, 5) is 47.7. The van der Waals surface area contributed by atoms with Crippen LogP contribution in [0.3, 0.4) is 0 Å². The minimum atomic E-state index is -0.860. The number of nitrogens with one attached hydrogen (secondary N) is 1. The third kappa shape index (κ3) is 5.50. The second-order valence-corrected chi connectivity index (χ2v) is 5.79. The maximum atomic E-state index is 12.6. The van der Waals surface area contributed by atoms with E-state index in [-0.39, 0.29) is 19.6 Å². The van der Waals surface area contributed by atoms with Crippen molar-refractivity contribution < 1.29 is 28.7 Å². The fraction of sp³-hybridized carbons (Fsp3) is 0.750. The Morgan fingerprint density at radius 2 is 1.54 bits per heavy atom. The van der Waals surface area contributed by atoms with E-state index in [0.717, 1.165) is 17.9 Å². The van der Waals surface area contributed by atoms with E-state index in [4.69, 9.17) is 9.47 Å². The van der Waals surface area contributed by atoms with Gasteiger partial charge in [0.2, 0.25) is 5.91 Å². The highest BCUT2D eigenvalue weighted by Crippen LogP contribution is 2.38. The van der Waals surface area contributed by atoms with Crippen LogP contribution in [0.25, 0.3) is 0 Å². The Bertz CT molecular complexity index is 485. The van der Waals surface area contributed by atoms with Crippen molar-refractivity contribution in [2.24, 2.45) is 0 Å².